The van der Waals surface area contributed by atoms with E-state index >= 15 is 0 Å². The Bertz CT molecular complexity index is 1150. The van der Waals surface area contributed by atoms with Crippen LogP contribution < -0.4 is 11.5 Å². The number of azo groups is 2. The molecule has 0 aliphatic rings. The van der Waals surface area contributed by atoms with Crippen LogP contribution in [0.2, 0.25) is 0 Å². The summed E-state index contributed by atoms with van der Waals surface area (Å²) in [5.41, 5.74) is 14.6. The maximum Gasteiger partial charge on any atom is 0.294 e. The fraction of sp³-hybridized carbons (Fsp3) is 0. The fourth-order valence-corrected chi connectivity index (χ4v) is 2.64. The maximum absolute atomic E-state index is 11.0. The first-order valence-corrected chi connectivity index (χ1v) is 9.41. The van der Waals surface area contributed by atoms with Crippen molar-refractivity contribution in [3.05, 3.63) is 66.7 Å². The van der Waals surface area contributed by atoms with Crippen LogP contribution in [0.4, 0.5) is 34.1 Å². The standard InChI is InChI=1S/C18H16N6O3S.Na/c19-12-1-10-18(17(20)11-12)24-23-14-4-2-13(3-5-14)21-22-15-6-8-16(9-7-15)28(25,26)27;/h1-11H,19-20H2,(H,25,26,27);. The van der Waals surface area contributed by atoms with Crippen LogP contribution in [0.25, 0.3) is 0 Å². The third-order valence-electron chi connectivity index (χ3n) is 3.59. The Morgan fingerprint density at radius 1 is 0.690 bits per heavy atom. The molecule has 3 rings (SSSR count). The minimum atomic E-state index is -4.23. The van der Waals surface area contributed by atoms with Gasteiger partial charge in [-0.25, -0.2) is 0 Å². The first-order chi connectivity index (χ1) is 13.3. The van der Waals surface area contributed by atoms with E-state index in [0.717, 1.165) is 0 Å². The van der Waals surface area contributed by atoms with E-state index in [-0.39, 0.29) is 34.5 Å². The van der Waals surface area contributed by atoms with E-state index in [1.807, 2.05) is 0 Å². The number of nitrogens with two attached hydrogens (primary N) is 2. The second-order valence-corrected chi connectivity index (χ2v) is 7.13. The molecule has 0 bridgehead atoms. The minimum Gasteiger partial charge on any atom is -0.399 e. The van der Waals surface area contributed by atoms with E-state index in [1.165, 1.54) is 24.3 Å². The molecule has 0 fully saturated rings. The average Bonchev–Trinajstić information content (AvgIpc) is 2.66. The summed E-state index contributed by atoms with van der Waals surface area (Å²) >= 11 is 0. The van der Waals surface area contributed by atoms with Gasteiger partial charge in [0.25, 0.3) is 10.1 Å². The van der Waals surface area contributed by atoms with Gasteiger partial charge in [-0.2, -0.15) is 23.8 Å². The van der Waals surface area contributed by atoms with E-state index in [0.29, 0.717) is 34.1 Å². The Labute approximate surface area is 189 Å². The van der Waals surface area contributed by atoms with Crippen molar-refractivity contribution >= 4 is 73.8 Å². The van der Waals surface area contributed by atoms with Crippen LogP contribution in [0.15, 0.2) is 92.1 Å². The van der Waals surface area contributed by atoms with Crippen LogP contribution in [0, 0.1) is 0 Å². The molecule has 0 unspecified atom stereocenters. The molecular formula is C18H16N6NaO3S. The molecule has 0 atom stereocenters. The van der Waals surface area contributed by atoms with Gasteiger partial charge in [0.05, 0.1) is 27.6 Å². The van der Waals surface area contributed by atoms with Crippen LogP contribution in [-0.2, 0) is 10.1 Å². The SMILES string of the molecule is Nc1ccc(N=Nc2ccc(N=Nc3ccc(S(=O)(=O)O)cc3)cc2)c(N)c1.[Na]. The molecule has 0 spiro atoms. The van der Waals surface area contributed by atoms with Crippen molar-refractivity contribution in [3.8, 4) is 0 Å². The summed E-state index contributed by atoms with van der Waals surface area (Å²) in [6.45, 7) is 0. The number of rotatable bonds is 5. The van der Waals surface area contributed by atoms with Gasteiger partial charge in [-0.05, 0) is 66.7 Å². The van der Waals surface area contributed by atoms with E-state index in [1.54, 1.807) is 42.5 Å². The normalized spacial score (nSPS) is 11.6. The molecule has 0 saturated carbocycles. The molecule has 11 heteroatoms. The van der Waals surface area contributed by atoms with Crippen molar-refractivity contribution in [1.29, 1.82) is 0 Å². The predicted molar refractivity (Wildman–Crippen MR) is 112 cm³/mol. The quantitative estimate of drug-likeness (QED) is 0.239. The molecule has 0 heterocycles. The summed E-state index contributed by atoms with van der Waals surface area (Å²) in [7, 11) is -4.23. The Kier molecular flexibility index (Phi) is 7.59. The van der Waals surface area contributed by atoms with Gasteiger partial charge < -0.3 is 11.5 Å². The van der Waals surface area contributed by atoms with Crippen molar-refractivity contribution < 1.29 is 13.0 Å². The van der Waals surface area contributed by atoms with E-state index in [2.05, 4.69) is 20.5 Å². The summed E-state index contributed by atoms with van der Waals surface area (Å²) in [5.74, 6) is 0. The van der Waals surface area contributed by atoms with Crippen molar-refractivity contribution in [1.82, 2.24) is 0 Å². The molecule has 0 aliphatic carbocycles. The largest absolute Gasteiger partial charge is 0.399 e. The fourth-order valence-electron chi connectivity index (χ4n) is 2.16. The van der Waals surface area contributed by atoms with Crippen LogP contribution >= 0.6 is 0 Å². The van der Waals surface area contributed by atoms with Crippen LogP contribution in [0.1, 0.15) is 0 Å². The summed E-state index contributed by atoms with van der Waals surface area (Å²) in [6, 6.07) is 17.2. The van der Waals surface area contributed by atoms with Gasteiger partial charge in [-0.3, -0.25) is 4.55 Å². The van der Waals surface area contributed by atoms with Crippen LogP contribution in [0.5, 0.6) is 0 Å². The second kappa shape index (κ2) is 9.72. The summed E-state index contributed by atoms with van der Waals surface area (Å²) in [4.78, 5) is -0.206. The van der Waals surface area contributed by atoms with Gasteiger partial charge >= 0.3 is 0 Å². The van der Waals surface area contributed by atoms with E-state index in [4.69, 9.17) is 16.0 Å². The zero-order valence-corrected chi connectivity index (χ0v) is 18.3. The summed E-state index contributed by atoms with van der Waals surface area (Å²) in [6.07, 6.45) is 0. The zero-order chi connectivity index (χ0) is 20.1. The minimum absolute atomic E-state index is 0. The third kappa shape index (κ3) is 6.44. The Hall–Kier alpha value is -2.63. The van der Waals surface area contributed by atoms with Gasteiger partial charge in [-0.15, -0.1) is 5.11 Å². The number of nitrogens with zero attached hydrogens (tertiary/aromatic N) is 4. The van der Waals surface area contributed by atoms with Gasteiger partial charge in [0.2, 0.25) is 0 Å². The second-order valence-electron chi connectivity index (χ2n) is 5.70. The van der Waals surface area contributed by atoms with Crippen LogP contribution in [-0.4, -0.2) is 42.5 Å². The monoisotopic (exact) mass is 419 g/mol. The van der Waals surface area contributed by atoms with Gasteiger partial charge in [0, 0.05) is 35.2 Å². The van der Waals surface area contributed by atoms with E-state index < -0.39 is 10.1 Å². The van der Waals surface area contributed by atoms with Crippen molar-refractivity contribution in [2.75, 3.05) is 11.5 Å². The molecule has 5 N–H and O–H groups in total. The maximum atomic E-state index is 11.0. The molecule has 0 aliphatic heterocycles. The van der Waals surface area contributed by atoms with E-state index in [9.17, 15) is 8.42 Å². The van der Waals surface area contributed by atoms with Crippen molar-refractivity contribution in [3.63, 3.8) is 0 Å². The van der Waals surface area contributed by atoms with Crippen LogP contribution in [0.3, 0.4) is 0 Å². The smallest absolute Gasteiger partial charge is 0.294 e. The molecule has 3 aromatic carbocycles. The molecular weight excluding hydrogens is 403 g/mol. The zero-order valence-electron chi connectivity index (χ0n) is 15.5. The molecule has 0 amide bonds. The Balaban J connectivity index is 0.00000300. The Morgan fingerprint density at radius 3 is 1.59 bits per heavy atom. The molecule has 0 aromatic heterocycles. The number of nitrogen functional groups attached to an aromatic ring is 2. The Morgan fingerprint density at radius 2 is 1.14 bits per heavy atom. The van der Waals surface area contributed by atoms with Crippen molar-refractivity contribution in [2.45, 2.75) is 4.90 Å². The van der Waals surface area contributed by atoms with Crippen molar-refractivity contribution in [2.24, 2.45) is 20.5 Å². The van der Waals surface area contributed by atoms with Gasteiger partial charge in [0.1, 0.15) is 5.69 Å². The van der Waals surface area contributed by atoms with Gasteiger partial charge in [0.15, 0.2) is 0 Å². The molecule has 0 saturated heterocycles. The summed E-state index contributed by atoms with van der Waals surface area (Å²) < 4.78 is 31.0. The molecule has 29 heavy (non-hydrogen) atoms. The third-order valence-corrected chi connectivity index (χ3v) is 4.46. The number of benzene rings is 3. The number of anilines is 2. The molecule has 3 aromatic rings. The molecule has 9 nitrogen and oxygen atoms in total. The first kappa shape index (κ1) is 22.7. The topological polar surface area (TPSA) is 156 Å². The molecule has 143 valence electrons. The number of hydrogen-bond acceptors (Lipinski definition) is 8. The number of hydrogen-bond donors (Lipinski definition) is 3. The van der Waals surface area contributed by atoms with Gasteiger partial charge in [-0.1, -0.05) is 0 Å². The average molecular weight is 419 g/mol. The first-order valence-electron chi connectivity index (χ1n) is 7.97. The predicted octanol–water partition coefficient (Wildman–Crippen LogP) is 4.55. The molecule has 1 radical (unpaired) electrons. The summed E-state index contributed by atoms with van der Waals surface area (Å²) in [5, 5.41) is 16.3.